The van der Waals surface area contributed by atoms with Gasteiger partial charge < -0.3 is 4.90 Å². The molecular formula is C17H15ClFIN4. The number of nitrogens with zero attached hydrogens (tertiary/aromatic N) is 4. The molecule has 4 nitrogen and oxygen atoms in total. The Balaban J connectivity index is 1.99. The van der Waals surface area contributed by atoms with E-state index in [1.807, 2.05) is 0 Å². The molecule has 7 heteroatoms. The first kappa shape index (κ1) is 16.2. The Morgan fingerprint density at radius 2 is 2.17 bits per heavy atom. The normalized spacial score (nSPS) is 18.2. The molecule has 1 aliphatic carbocycles. The number of benzene rings is 1. The average Bonchev–Trinajstić information content (AvgIpc) is 3.09. The Hall–Kier alpha value is -1.33. The molecule has 2 aliphatic rings. The van der Waals surface area contributed by atoms with Crippen LogP contribution in [-0.2, 0) is 7.05 Å². The van der Waals surface area contributed by atoms with Gasteiger partial charge in [0.2, 0.25) is 0 Å². The molecule has 2 aromatic rings. The van der Waals surface area contributed by atoms with Gasteiger partial charge in [-0.1, -0.05) is 11.6 Å². The van der Waals surface area contributed by atoms with Crippen molar-refractivity contribution in [3.63, 3.8) is 0 Å². The quantitative estimate of drug-likeness (QED) is 0.626. The Kier molecular flexibility index (Phi) is 3.77. The molecule has 1 aromatic heterocycles. The van der Waals surface area contributed by atoms with Gasteiger partial charge in [0.1, 0.15) is 6.07 Å². The Morgan fingerprint density at radius 3 is 2.75 bits per heavy atom. The van der Waals surface area contributed by atoms with Crippen LogP contribution in [0.5, 0.6) is 0 Å². The minimum Gasteiger partial charge on any atom is -0.365 e. The fraction of sp³-hybridized carbons (Fsp3) is 0.412. The van der Waals surface area contributed by atoms with Crippen LogP contribution in [0.3, 0.4) is 0 Å². The monoisotopic (exact) mass is 456 g/mol. The lowest BCUT2D eigenvalue weighted by Gasteiger charge is -2.29. The predicted molar refractivity (Wildman–Crippen MR) is 99.6 cm³/mol. The van der Waals surface area contributed by atoms with Gasteiger partial charge in [-0.05, 0) is 54.3 Å². The van der Waals surface area contributed by atoms with Crippen molar-refractivity contribution in [3.05, 3.63) is 32.2 Å². The SMILES string of the molecule is Cn1ncc(I)c1-c1c(F)c(Cl)cc(N2CCCC23CC3)c1C#N. The molecule has 0 amide bonds. The maximum absolute atomic E-state index is 14.9. The zero-order chi connectivity index (χ0) is 17.1. The van der Waals surface area contributed by atoms with Crippen LogP contribution in [-0.4, -0.2) is 21.9 Å². The molecule has 1 saturated carbocycles. The first-order valence-electron chi connectivity index (χ1n) is 7.86. The van der Waals surface area contributed by atoms with Gasteiger partial charge in [0.15, 0.2) is 5.82 Å². The molecule has 24 heavy (non-hydrogen) atoms. The van der Waals surface area contributed by atoms with Crippen molar-refractivity contribution in [3.8, 4) is 17.3 Å². The molecular weight excluding hydrogens is 442 g/mol. The Labute approximate surface area is 158 Å². The summed E-state index contributed by atoms with van der Waals surface area (Å²) < 4.78 is 17.3. The van der Waals surface area contributed by atoms with Gasteiger partial charge in [0, 0.05) is 19.1 Å². The third-order valence-electron chi connectivity index (χ3n) is 5.16. The summed E-state index contributed by atoms with van der Waals surface area (Å²) in [5.74, 6) is -0.553. The molecule has 124 valence electrons. The number of hydrogen-bond acceptors (Lipinski definition) is 3. The Bertz CT molecular complexity index is 862. The molecule has 2 heterocycles. The lowest BCUT2D eigenvalue weighted by molar-refractivity contribution is 0.625. The van der Waals surface area contributed by atoms with Crippen molar-refractivity contribution in [2.45, 2.75) is 31.2 Å². The highest BCUT2D eigenvalue weighted by Crippen LogP contribution is 2.53. The summed E-state index contributed by atoms with van der Waals surface area (Å²) in [6.07, 6.45) is 6.15. The maximum Gasteiger partial charge on any atom is 0.152 e. The van der Waals surface area contributed by atoms with Crippen LogP contribution >= 0.6 is 34.2 Å². The van der Waals surface area contributed by atoms with Crippen LogP contribution in [0.25, 0.3) is 11.3 Å². The zero-order valence-corrected chi connectivity index (χ0v) is 16.0. The van der Waals surface area contributed by atoms with Crippen LogP contribution in [0, 0.1) is 20.7 Å². The van der Waals surface area contributed by atoms with E-state index in [0.717, 1.165) is 41.5 Å². The molecule has 1 saturated heterocycles. The van der Waals surface area contributed by atoms with Crippen molar-refractivity contribution in [2.24, 2.45) is 7.05 Å². The van der Waals surface area contributed by atoms with Crippen molar-refractivity contribution in [1.82, 2.24) is 9.78 Å². The number of nitriles is 1. The lowest BCUT2D eigenvalue weighted by atomic mass is 10.0. The van der Waals surface area contributed by atoms with E-state index in [0.29, 0.717) is 11.3 Å². The van der Waals surface area contributed by atoms with Crippen LogP contribution < -0.4 is 4.90 Å². The molecule has 0 unspecified atom stereocenters. The number of hydrogen-bond donors (Lipinski definition) is 0. The zero-order valence-electron chi connectivity index (χ0n) is 13.1. The van der Waals surface area contributed by atoms with Gasteiger partial charge in [0.05, 0.1) is 37.3 Å². The second-order valence-corrected chi connectivity index (χ2v) is 8.07. The molecule has 1 spiro atoms. The minimum absolute atomic E-state index is 0.0544. The summed E-state index contributed by atoms with van der Waals surface area (Å²) in [5.41, 5.74) is 2.12. The number of halogens is 3. The van der Waals surface area contributed by atoms with E-state index in [1.54, 1.807) is 24.0 Å². The predicted octanol–water partition coefficient (Wildman–Crippen LogP) is 4.49. The number of aromatic nitrogens is 2. The fourth-order valence-electron chi connectivity index (χ4n) is 3.83. The van der Waals surface area contributed by atoms with Gasteiger partial charge in [-0.2, -0.15) is 10.4 Å². The van der Waals surface area contributed by atoms with Crippen molar-refractivity contribution < 1.29 is 4.39 Å². The fourth-order valence-corrected chi connectivity index (χ4v) is 4.77. The molecule has 4 rings (SSSR count). The van der Waals surface area contributed by atoms with E-state index in [9.17, 15) is 9.65 Å². The molecule has 0 bridgehead atoms. The van der Waals surface area contributed by atoms with Crippen molar-refractivity contribution in [1.29, 1.82) is 5.26 Å². The first-order valence-corrected chi connectivity index (χ1v) is 9.32. The standard InChI is InChI=1S/C17H15ClFIN4/c1-23-16(12(20)9-22-23)14-10(8-21)13(7-11(18)15(14)19)24-6-2-3-17(24)4-5-17/h7,9H,2-6H2,1H3. The second-order valence-electron chi connectivity index (χ2n) is 6.50. The van der Waals surface area contributed by atoms with Crippen LogP contribution in [0.4, 0.5) is 10.1 Å². The molecule has 0 radical (unpaired) electrons. The molecule has 1 aliphatic heterocycles. The van der Waals surface area contributed by atoms with E-state index in [2.05, 4.69) is 38.7 Å². The lowest BCUT2D eigenvalue weighted by Crippen LogP contribution is -2.31. The van der Waals surface area contributed by atoms with Crippen LogP contribution in [0.1, 0.15) is 31.2 Å². The van der Waals surface area contributed by atoms with Gasteiger partial charge in [-0.3, -0.25) is 4.68 Å². The molecule has 0 atom stereocenters. The van der Waals surface area contributed by atoms with Crippen molar-refractivity contribution >= 4 is 39.9 Å². The Morgan fingerprint density at radius 1 is 1.42 bits per heavy atom. The third-order valence-corrected chi connectivity index (χ3v) is 6.22. The van der Waals surface area contributed by atoms with E-state index in [1.165, 1.54) is 0 Å². The van der Waals surface area contributed by atoms with Crippen LogP contribution in [0.2, 0.25) is 5.02 Å². The maximum atomic E-state index is 14.9. The second kappa shape index (κ2) is 5.60. The summed E-state index contributed by atoms with van der Waals surface area (Å²) in [5, 5.41) is 14.1. The number of anilines is 1. The van der Waals surface area contributed by atoms with E-state index in [4.69, 9.17) is 11.6 Å². The average molecular weight is 457 g/mol. The smallest absolute Gasteiger partial charge is 0.152 e. The largest absolute Gasteiger partial charge is 0.365 e. The third kappa shape index (κ3) is 2.25. The van der Waals surface area contributed by atoms with Gasteiger partial charge in [-0.25, -0.2) is 4.39 Å². The highest BCUT2D eigenvalue weighted by Gasteiger charge is 2.51. The number of aryl methyl sites for hydroxylation is 1. The molecule has 2 fully saturated rings. The van der Waals surface area contributed by atoms with E-state index >= 15 is 0 Å². The summed E-state index contributed by atoms with van der Waals surface area (Å²) in [6.45, 7) is 0.887. The molecule has 0 N–H and O–H groups in total. The summed E-state index contributed by atoms with van der Waals surface area (Å²) in [6, 6.07) is 3.85. The summed E-state index contributed by atoms with van der Waals surface area (Å²) in [7, 11) is 1.75. The van der Waals surface area contributed by atoms with Crippen molar-refractivity contribution in [2.75, 3.05) is 11.4 Å². The minimum atomic E-state index is -0.553. The molecule has 1 aromatic carbocycles. The topological polar surface area (TPSA) is 44.9 Å². The number of rotatable bonds is 2. The van der Waals surface area contributed by atoms with Gasteiger partial charge >= 0.3 is 0 Å². The van der Waals surface area contributed by atoms with Gasteiger partial charge in [-0.15, -0.1) is 0 Å². The van der Waals surface area contributed by atoms with E-state index < -0.39 is 5.82 Å². The summed E-state index contributed by atoms with van der Waals surface area (Å²) in [4.78, 5) is 2.27. The van der Waals surface area contributed by atoms with E-state index in [-0.39, 0.29) is 16.1 Å². The van der Waals surface area contributed by atoms with Crippen LogP contribution in [0.15, 0.2) is 12.3 Å². The highest BCUT2D eigenvalue weighted by molar-refractivity contribution is 14.1. The van der Waals surface area contributed by atoms with Gasteiger partial charge in [0.25, 0.3) is 0 Å². The first-order chi connectivity index (χ1) is 11.5. The summed E-state index contributed by atoms with van der Waals surface area (Å²) >= 11 is 8.33. The highest BCUT2D eigenvalue weighted by atomic mass is 127.